The molecule has 0 fully saturated rings. The van der Waals surface area contributed by atoms with Crippen LogP contribution in [0.5, 0.6) is 0 Å². The minimum Gasteiger partial charge on any atom is -0.439 e. The molecule has 4 N–H and O–H groups in total. The molecule has 140 valence electrons. The van der Waals surface area contributed by atoms with Crippen molar-refractivity contribution in [2.75, 3.05) is 0 Å². The standard InChI is InChI=1S/C17H14ClN3O5S/c18-11-7-5-10(6-8-11)17-16(20-15(26-17)9-14(22)21-23)12-3-1-2-4-13(12)27(19,24)25/h1-8,23H,9H2,(H,21,22)(H2,19,24,25). The predicted molar refractivity (Wildman–Crippen MR) is 97.4 cm³/mol. The van der Waals surface area contributed by atoms with Crippen LogP contribution in [-0.2, 0) is 21.2 Å². The summed E-state index contributed by atoms with van der Waals surface area (Å²) >= 11 is 5.91. The van der Waals surface area contributed by atoms with Gasteiger partial charge in [-0.3, -0.25) is 10.0 Å². The highest BCUT2D eigenvalue weighted by Crippen LogP contribution is 2.36. The van der Waals surface area contributed by atoms with Crippen LogP contribution in [0.15, 0.2) is 57.8 Å². The van der Waals surface area contributed by atoms with Crippen molar-refractivity contribution in [2.45, 2.75) is 11.3 Å². The highest BCUT2D eigenvalue weighted by molar-refractivity contribution is 7.89. The molecule has 0 spiro atoms. The summed E-state index contributed by atoms with van der Waals surface area (Å²) in [5.41, 5.74) is 2.49. The molecule has 3 aromatic rings. The fourth-order valence-electron chi connectivity index (χ4n) is 2.51. The van der Waals surface area contributed by atoms with Crippen LogP contribution in [0.1, 0.15) is 5.89 Å². The number of rotatable bonds is 5. The quantitative estimate of drug-likeness (QED) is 0.438. The summed E-state index contributed by atoms with van der Waals surface area (Å²) in [5.74, 6) is -0.501. The first-order valence-electron chi connectivity index (χ1n) is 7.60. The van der Waals surface area contributed by atoms with Gasteiger partial charge in [-0.15, -0.1) is 0 Å². The number of carbonyl (C=O) groups is 1. The SMILES string of the molecule is NS(=O)(=O)c1ccccc1-c1nc(CC(=O)NO)oc1-c1ccc(Cl)cc1. The zero-order valence-electron chi connectivity index (χ0n) is 13.7. The van der Waals surface area contributed by atoms with Crippen LogP contribution in [0.25, 0.3) is 22.6 Å². The van der Waals surface area contributed by atoms with Crippen molar-refractivity contribution in [3.8, 4) is 22.6 Å². The summed E-state index contributed by atoms with van der Waals surface area (Å²) < 4.78 is 29.6. The first-order valence-corrected chi connectivity index (χ1v) is 9.53. The third kappa shape index (κ3) is 4.17. The number of amides is 1. The molecular weight excluding hydrogens is 394 g/mol. The van der Waals surface area contributed by atoms with Gasteiger partial charge in [0, 0.05) is 16.1 Å². The average molecular weight is 408 g/mol. The molecule has 0 saturated carbocycles. The third-order valence-electron chi connectivity index (χ3n) is 3.66. The van der Waals surface area contributed by atoms with Gasteiger partial charge in [0.05, 0.1) is 4.90 Å². The van der Waals surface area contributed by atoms with Gasteiger partial charge in [-0.25, -0.2) is 24.0 Å². The van der Waals surface area contributed by atoms with Crippen molar-refractivity contribution < 1.29 is 22.8 Å². The molecule has 1 heterocycles. The summed E-state index contributed by atoms with van der Waals surface area (Å²) in [6.07, 6.45) is -0.339. The van der Waals surface area contributed by atoms with Crippen LogP contribution in [-0.4, -0.2) is 24.5 Å². The van der Waals surface area contributed by atoms with E-state index in [1.165, 1.54) is 23.7 Å². The van der Waals surface area contributed by atoms with Crippen LogP contribution in [0.2, 0.25) is 5.02 Å². The van der Waals surface area contributed by atoms with E-state index >= 15 is 0 Å². The van der Waals surface area contributed by atoms with Crippen molar-refractivity contribution in [3.63, 3.8) is 0 Å². The van der Waals surface area contributed by atoms with E-state index in [1.54, 1.807) is 30.3 Å². The van der Waals surface area contributed by atoms with Crippen molar-refractivity contribution in [1.82, 2.24) is 10.5 Å². The molecule has 0 unspecified atom stereocenters. The maximum atomic E-state index is 12.0. The Balaban J connectivity index is 2.23. The van der Waals surface area contributed by atoms with E-state index in [9.17, 15) is 13.2 Å². The van der Waals surface area contributed by atoms with Crippen molar-refractivity contribution in [3.05, 3.63) is 59.4 Å². The first kappa shape index (κ1) is 19.1. The van der Waals surface area contributed by atoms with Crippen molar-refractivity contribution in [2.24, 2.45) is 5.14 Å². The Kier molecular flexibility index (Phi) is 5.29. The van der Waals surface area contributed by atoms with Gasteiger partial charge in [-0.05, 0) is 30.3 Å². The molecule has 2 aromatic carbocycles. The van der Waals surface area contributed by atoms with Gasteiger partial charge in [-0.1, -0.05) is 29.8 Å². The van der Waals surface area contributed by atoms with Gasteiger partial charge in [0.1, 0.15) is 12.1 Å². The highest BCUT2D eigenvalue weighted by Gasteiger charge is 2.23. The second kappa shape index (κ2) is 7.49. The number of nitrogens with zero attached hydrogens (tertiary/aromatic N) is 1. The highest BCUT2D eigenvalue weighted by atomic mass is 35.5. The number of hydrogen-bond acceptors (Lipinski definition) is 6. The Labute approximate surface area is 159 Å². The smallest absolute Gasteiger partial charge is 0.252 e. The van der Waals surface area contributed by atoms with Gasteiger partial charge in [-0.2, -0.15) is 0 Å². The minimum absolute atomic E-state index is 0.00859. The Morgan fingerprint density at radius 1 is 1.19 bits per heavy atom. The van der Waals surface area contributed by atoms with Crippen LogP contribution < -0.4 is 10.6 Å². The lowest BCUT2D eigenvalue weighted by molar-refractivity contribution is -0.128. The van der Waals surface area contributed by atoms with Gasteiger partial charge in [0.25, 0.3) is 5.91 Å². The van der Waals surface area contributed by atoms with Crippen LogP contribution in [0.3, 0.4) is 0 Å². The molecule has 0 bridgehead atoms. The number of oxazole rings is 1. The summed E-state index contributed by atoms with van der Waals surface area (Å²) in [6.45, 7) is 0. The van der Waals surface area contributed by atoms with Crippen LogP contribution in [0.4, 0.5) is 0 Å². The van der Waals surface area contributed by atoms with Crippen molar-refractivity contribution >= 4 is 27.5 Å². The second-order valence-corrected chi connectivity index (χ2v) is 7.51. The minimum atomic E-state index is -4.03. The van der Waals surface area contributed by atoms with Gasteiger partial charge in [0.15, 0.2) is 5.76 Å². The molecule has 27 heavy (non-hydrogen) atoms. The Hall–Kier alpha value is -2.72. The molecule has 0 aliphatic carbocycles. The molecule has 0 aliphatic heterocycles. The van der Waals surface area contributed by atoms with Crippen molar-refractivity contribution in [1.29, 1.82) is 0 Å². The Morgan fingerprint density at radius 2 is 1.85 bits per heavy atom. The zero-order valence-corrected chi connectivity index (χ0v) is 15.3. The van der Waals surface area contributed by atoms with E-state index < -0.39 is 15.9 Å². The summed E-state index contributed by atoms with van der Waals surface area (Å²) in [4.78, 5) is 15.6. The van der Waals surface area contributed by atoms with Gasteiger partial charge in [0.2, 0.25) is 15.9 Å². The molecule has 10 heteroatoms. The zero-order chi connectivity index (χ0) is 19.6. The van der Waals surface area contributed by atoms with E-state index in [1.807, 2.05) is 0 Å². The molecule has 0 saturated heterocycles. The largest absolute Gasteiger partial charge is 0.439 e. The fourth-order valence-corrected chi connectivity index (χ4v) is 3.37. The maximum Gasteiger partial charge on any atom is 0.252 e. The number of sulfonamides is 1. The number of nitrogens with one attached hydrogen (secondary N) is 1. The monoisotopic (exact) mass is 407 g/mol. The van der Waals surface area contributed by atoms with E-state index in [2.05, 4.69) is 4.98 Å². The second-order valence-electron chi connectivity index (χ2n) is 5.55. The molecule has 8 nitrogen and oxygen atoms in total. The van der Waals surface area contributed by atoms with Crippen LogP contribution >= 0.6 is 11.6 Å². The molecule has 1 amide bonds. The van der Waals surface area contributed by atoms with E-state index in [0.717, 1.165) is 0 Å². The Morgan fingerprint density at radius 3 is 2.48 bits per heavy atom. The lowest BCUT2D eigenvalue weighted by Gasteiger charge is -2.07. The van der Waals surface area contributed by atoms with Gasteiger partial charge >= 0.3 is 0 Å². The number of primary sulfonamides is 1. The van der Waals surface area contributed by atoms with E-state index in [4.69, 9.17) is 26.4 Å². The predicted octanol–water partition coefficient (Wildman–Crippen LogP) is 2.36. The summed E-state index contributed by atoms with van der Waals surface area (Å²) in [6, 6.07) is 12.7. The molecule has 0 atom stereocenters. The number of hydrogen-bond donors (Lipinski definition) is 3. The fraction of sp³-hybridized carbons (Fsp3) is 0.0588. The Bertz CT molecular complexity index is 1090. The summed E-state index contributed by atoms with van der Waals surface area (Å²) in [7, 11) is -4.03. The molecular formula is C17H14ClN3O5S. The molecule has 3 rings (SSSR count). The number of carbonyl (C=O) groups excluding carboxylic acids is 1. The molecule has 0 aliphatic rings. The summed E-state index contributed by atoms with van der Waals surface area (Å²) in [5, 5.41) is 14.5. The van der Waals surface area contributed by atoms with E-state index in [-0.39, 0.29) is 34.2 Å². The van der Waals surface area contributed by atoms with E-state index in [0.29, 0.717) is 10.6 Å². The lowest BCUT2D eigenvalue weighted by Crippen LogP contribution is -2.20. The lowest BCUT2D eigenvalue weighted by atomic mass is 10.1. The number of nitrogens with two attached hydrogens (primary N) is 1. The number of hydroxylamine groups is 1. The number of benzene rings is 2. The molecule has 0 radical (unpaired) electrons. The third-order valence-corrected chi connectivity index (χ3v) is 4.88. The first-order chi connectivity index (χ1) is 12.8. The van der Waals surface area contributed by atoms with Gasteiger partial charge < -0.3 is 4.42 Å². The number of aromatic nitrogens is 1. The van der Waals surface area contributed by atoms with Crippen LogP contribution in [0, 0.1) is 0 Å². The number of halogens is 1. The average Bonchev–Trinajstić information content (AvgIpc) is 3.05. The maximum absolute atomic E-state index is 12.0. The topological polar surface area (TPSA) is 136 Å². The molecule has 1 aromatic heterocycles. The normalized spacial score (nSPS) is 11.4.